The number of benzene rings is 1. The van der Waals surface area contributed by atoms with Crippen molar-refractivity contribution < 1.29 is 4.42 Å². The van der Waals surface area contributed by atoms with Crippen molar-refractivity contribution >= 4 is 22.6 Å². The van der Waals surface area contributed by atoms with Crippen molar-refractivity contribution in [2.45, 2.75) is 26.8 Å². The second-order valence-electron chi connectivity index (χ2n) is 4.77. The first kappa shape index (κ1) is 12.5. The van der Waals surface area contributed by atoms with Crippen molar-refractivity contribution in [3.8, 4) is 0 Å². The summed E-state index contributed by atoms with van der Waals surface area (Å²) < 4.78 is 5.95. The summed E-state index contributed by atoms with van der Waals surface area (Å²) >= 11 is 6.19. The lowest BCUT2D eigenvalue weighted by Gasteiger charge is -2.17. The predicted molar refractivity (Wildman–Crippen MR) is 72.6 cm³/mol. The van der Waals surface area contributed by atoms with Crippen LogP contribution in [-0.4, -0.2) is 7.05 Å². The highest BCUT2D eigenvalue weighted by molar-refractivity contribution is 6.35. The van der Waals surface area contributed by atoms with Crippen LogP contribution in [0.4, 0.5) is 0 Å². The van der Waals surface area contributed by atoms with E-state index in [1.54, 1.807) is 0 Å². The van der Waals surface area contributed by atoms with Gasteiger partial charge in [-0.1, -0.05) is 31.5 Å². The van der Waals surface area contributed by atoms with Crippen LogP contribution in [0.5, 0.6) is 0 Å². The molecule has 0 aliphatic carbocycles. The van der Waals surface area contributed by atoms with E-state index in [2.05, 4.69) is 19.2 Å². The molecule has 3 heteroatoms. The third-order valence-corrected chi connectivity index (χ3v) is 3.46. The zero-order valence-electron chi connectivity index (χ0n) is 10.7. The van der Waals surface area contributed by atoms with E-state index in [4.69, 9.17) is 16.0 Å². The predicted octanol–water partition coefficient (Wildman–Crippen LogP) is 4.31. The summed E-state index contributed by atoms with van der Waals surface area (Å²) in [5.41, 5.74) is 2.02. The van der Waals surface area contributed by atoms with Crippen LogP contribution in [0, 0.1) is 12.8 Å². The van der Waals surface area contributed by atoms with Crippen molar-refractivity contribution in [3.63, 3.8) is 0 Å². The highest BCUT2D eigenvalue weighted by Crippen LogP contribution is 2.33. The molecule has 0 bridgehead atoms. The van der Waals surface area contributed by atoms with Crippen molar-refractivity contribution in [1.29, 1.82) is 0 Å². The molecule has 17 heavy (non-hydrogen) atoms. The monoisotopic (exact) mass is 251 g/mol. The Bertz CT molecular complexity index is 491. The third-order valence-electron chi connectivity index (χ3n) is 3.13. The highest BCUT2D eigenvalue weighted by Gasteiger charge is 2.19. The molecule has 0 saturated carbocycles. The lowest BCUT2D eigenvalue weighted by Crippen LogP contribution is -2.20. The largest absolute Gasteiger partial charge is 0.459 e. The van der Waals surface area contributed by atoms with E-state index in [0.29, 0.717) is 5.92 Å². The Hall–Kier alpha value is -0.990. The molecule has 1 aromatic heterocycles. The number of nitrogens with one attached hydrogen (secondary N) is 1. The molecular formula is C14H18ClNO. The van der Waals surface area contributed by atoms with Gasteiger partial charge in [-0.15, -0.1) is 0 Å². The summed E-state index contributed by atoms with van der Waals surface area (Å²) in [5.74, 6) is 1.42. The molecule has 1 unspecified atom stereocenters. The first-order chi connectivity index (χ1) is 8.04. The standard InChI is InChI=1S/C14H18ClNO/c1-8(2)13(16-4)12-7-10-11(15)6-5-9(3)14(10)17-12/h5-8,13,16H,1-4H3. The molecular weight excluding hydrogens is 234 g/mol. The van der Waals surface area contributed by atoms with Gasteiger partial charge in [0.1, 0.15) is 11.3 Å². The Labute approximate surface area is 107 Å². The van der Waals surface area contributed by atoms with Gasteiger partial charge in [0.2, 0.25) is 0 Å². The van der Waals surface area contributed by atoms with Gasteiger partial charge in [0.05, 0.1) is 11.1 Å². The van der Waals surface area contributed by atoms with Crippen LogP contribution in [0.2, 0.25) is 5.02 Å². The van der Waals surface area contributed by atoms with Gasteiger partial charge in [0.25, 0.3) is 0 Å². The summed E-state index contributed by atoms with van der Waals surface area (Å²) in [6, 6.07) is 6.17. The SMILES string of the molecule is CNC(c1cc2c(Cl)ccc(C)c2o1)C(C)C. The maximum atomic E-state index is 6.19. The lowest BCUT2D eigenvalue weighted by atomic mass is 10.0. The van der Waals surface area contributed by atoms with Crippen molar-refractivity contribution in [2.24, 2.45) is 5.92 Å². The number of hydrogen-bond donors (Lipinski definition) is 1. The quantitative estimate of drug-likeness (QED) is 0.879. The maximum absolute atomic E-state index is 6.19. The zero-order valence-corrected chi connectivity index (χ0v) is 11.4. The van der Waals surface area contributed by atoms with Crippen LogP contribution < -0.4 is 5.32 Å². The Balaban J connectivity index is 2.58. The Morgan fingerprint density at radius 3 is 2.53 bits per heavy atom. The average molecular weight is 252 g/mol. The third kappa shape index (κ3) is 2.20. The smallest absolute Gasteiger partial charge is 0.138 e. The first-order valence-corrected chi connectivity index (χ1v) is 6.28. The van der Waals surface area contributed by atoms with E-state index < -0.39 is 0 Å². The number of halogens is 1. The normalized spacial score (nSPS) is 13.5. The van der Waals surface area contributed by atoms with E-state index in [0.717, 1.165) is 27.3 Å². The average Bonchev–Trinajstić information content (AvgIpc) is 2.70. The summed E-state index contributed by atoms with van der Waals surface area (Å²) in [6.07, 6.45) is 0. The van der Waals surface area contributed by atoms with E-state index >= 15 is 0 Å². The molecule has 0 aliphatic rings. The van der Waals surface area contributed by atoms with E-state index in [9.17, 15) is 0 Å². The van der Waals surface area contributed by atoms with Crippen LogP contribution in [0.3, 0.4) is 0 Å². The number of aryl methyl sites for hydroxylation is 1. The Morgan fingerprint density at radius 1 is 1.29 bits per heavy atom. The molecule has 2 nitrogen and oxygen atoms in total. The molecule has 1 heterocycles. The molecule has 1 aromatic carbocycles. The number of fused-ring (bicyclic) bond motifs is 1. The number of furan rings is 1. The van der Waals surface area contributed by atoms with Crippen molar-refractivity contribution in [3.05, 3.63) is 34.5 Å². The van der Waals surface area contributed by atoms with Crippen LogP contribution in [-0.2, 0) is 0 Å². The fourth-order valence-corrected chi connectivity index (χ4v) is 2.40. The van der Waals surface area contributed by atoms with Gasteiger partial charge in [0, 0.05) is 5.39 Å². The van der Waals surface area contributed by atoms with E-state index in [1.807, 2.05) is 32.2 Å². The van der Waals surface area contributed by atoms with Gasteiger partial charge < -0.3 is 9.73 Å². The fourth-order valence-electron chi connectivity index (χ4n) is 2.20. The molecule has 2 aromatic rings. The second-order valence-corrected chi connectivity index (χ2v) is 5.17. The summed E-state index contributed by atoms with van der Waals surface area (Å²) in [6.45, 7) is 6.38. The Morgan fingerprint density at radius 2 is 2.00 bits per heavy atom. The zero-order chi connectivity index (χ0) is 12.6. The number of hydrogen-bond acceptors (Lipinski definition) is 2. The minimum absolute atomic E-state index is 0.220. The highest BCUT2D eigenvalue weighted by atomic mass is 35.5. The summed E-state index contributed by atoms with van der Waals surface area (Å²) in [4.78, 5) is 0. The molecule has 92 valence electrons. The van der Waals surface area contributed by atoms with E-state index in [-0.39, 0.29) is 6.04 Å². The molecule has 0 spiro atoms. The van der Waals surface area contributed by atoms with Crippen LogP contribution in [0.15, 0.2) is 22.6 Å². The molecule has 0 amide bonds. The van der Waals surface area contributed by atoms with Crippen molar-refractivity contribution in [2.75, 3.05) is 7.05 Å². The van der Waals surface area contributed by atoms with Crippen LogP contribution in [0.1, 0.15) is 31.2 Å². The molecule has 0 aliphatic heterocycles. The van der Waals surface area contributed by atoms with Gasteiger partial charge in [-0.25, -0.2) is 0 Å². The maximum Gasteiger partial charge on any atom is 0.138 e. The first-order valence-electron chi connectivity index (χ1n) is 5.90. The van der Waals surface area contributed by atoms with E-state index in [1.165, 1.54) is 0 Å². The van der Waals surface area contributed by atoms with Gasteiger partial charge in [-0.3, -0.25) is 0 Å². The molecule has 1 atom stereocenters. The minimum Gasteiger partial charge on any atom is -0.459 e. The topological polar surface area (TPSA) is 25.2 Å². The van der Waals surface area contributed by atoms with Crippen LogP contribution >= 0.6 is 11.6 Å². The molecule has 0 fully saturated rings. The molecule has 0 saturated heterocycles. The molecule has 2 rings (SSSR count). The summed E-state index contributed by atoms with van der Waals surface area (Å²) in [5, 5.41) is 5.03. The number of rotatable bonds is 3. The van der Waals surface area contributed by atoms with Crippen molar-refractivity contribution in [1.82, 2.24) is 5.32 Å². The molecule has 0 radical (unpaired) electrons. The summed E-state index contributed by atoms with van der Waals surface area (Å²) in [7, 11) is 1.95. The second kappa shape index (κ2) is 4.71. The lowest BCUT2D eigenvalue weighted by molar-refractivity contribution is 0.370. The van der Waals surface area contributed by atoms with Gasteiger partial charge in [0.15, 0.2) is 0 Å². The fraction of sp³-hybridized carbons (Fsp3) is 0.429. The Kier molecular flexibility index (Phi) is 3.45. The minimum atomic E-state index is 0.220. The van der Waals surface area contributed by atoms with Gasteiger partial charge in [-0.2, -0.15) is 0 Å². The van der Waals surface area contributed by atoms with Crippen LogP contribution in [0.25, 0.3) is 11.0 Å². The van der Waals surface area contributed by atoms with Gasteiger partial charge in [-0.05, 0) is 37.6 Å². The molecule has 1 N–H and O–H groups in total. The van der Waals surface area contributed by atoms with Gasteiger partial charge >= 0.3 is 0 Å².